The van der Waals surface area contributed by atoms with Crippen molar-refractivity contribution in [1.82, 2.24) is 0 Å². The van der Waals surface area contributed by atoms with Crippen molar-refractivity contribution in [2.24, 2.45) is 5.92 Å². The second-order valence-electron chi connectivity index (χ2n) is 4.55. The molecule has 1 aliphatic heterocycles. The topological polar surface area (TPSA) is 57.6 Å². The average Bonchev–Trinajstić information content (AvgIpc) is 2.70. The van der Waals surface area contributed by atoms with E-state index in [4.69, 9.17) is 0 Å². The van der Waals surface area contributed by atoms with E-state index in [1.807, 2.05) is 13.0 Å². The minimum atomic E-state index is -0.996. The van der Waals surface area contributed by atoms with Crippen molar-refractivity contribution < 1.29 is 14.7 Å². The smallest absolute Gasteiger partial charge is 0.337 e. The lowest BCUT2D eigenvalue weighted by atomic mass is 10.1. The Labute approximate surface area is 114 Å². The van der Waals surface area contributed by atoms with Crippen molar-refractivity contribution in [2.45, 2.75) is 13.3 Å². The predicted molar refractivity (Wildman–Crippen MR) is 72.4 cm³/mol. The monoisotopic (exact) mass is 311 g/mol. The van der Waals surface area contributed by atoms with E-state index in [1.54, 1.807) is 17.0 Å². The van der Waals surface area contributed by atoms with Crippen LogP contribution < -0.4 is 4.90 Å². The molecule has 1 unspecified atom stereocenters. The average molecular weight is 312 g/mol. The Morgan fingerprint density at radius 2 is 2.28 bits per heavy atom. The Morgan fingerprint density at radius 1 is 1.56 bits per heavy atom. The molecule has 5 heteroatoms. The summed E-state index contributed by atoms with van der Waals surface area (Å²) in [6, 6.07) is 5.15. The van der Waals surface area contributed by atoms with Gasteiger partial charge in [-0.3, -0.25) is 4.79 Å². The Bertz CT molecular complexity index is 501. The van der Waals surface area contributed by atoms with E-state index < -0.39 is 5.97 Å². The zero-order valence-corrected chi connectivity index (χ0v) is 11.6. The van der Waals surface area contributed by atoms with Gasteiger partial charge in [0.25, 0.3) is 0 Å². The van der Waals surface area contributed by atoms with Crippen LogP contribution in [0.3, 0.4) is 0 Å². The van der Waals surface area contributed by atoms with Crippen molar-refractivity contribution in [3.63, 3.8) is 0 Å². The van der Waals surface area contributed by atoms with Crippen molar-refractivity contribution >= 4 is 33.5 Å². The molecule has 1 amide bonds. The number of halogens is 1. The molecule has 1 N–H and O–H groups in total. The van der Waals surface area contributed by atoms with Crippen LogP contribution >= 0.6 is 15.9 Å². The van der Waals surface area contributed by atoms with E-state index in [0.29, 0.717) is 18.7 Å². The minimum absolute atomic E-state index is 0.00852. The van der Waals surface area contributed by atoms with Crippen molar-refractivity contribution in [1.29, 1.82) is 0 Å². The molecule has 0 saturated carbocycles. The number of hydrogen-bond donors (Lipinski definition) is 1. The van der Waals surface area contributed by atoms with Crippen molar-refractivity contribution in [3.8, 4) is 0 Å². The summed E-state index contributed by atoms with van der Waals surface area (Å²) in [7, 11) is 0. The summed E-state index contributed by atoms with van der Waals surface area (Å²) < 4.78 is 0. The normalized spacial score (nSPS) is 19.3. The third-order valence-corrected chi connectivity index (χ3v) is 4.01. The molecule has 0 bridgehead atoms. The summed E-state index contributed by atoms with van der Waals surface area (Å²) in [6.07, 6.45) is 0.470. The van der Waals surface area contributed by atoms with Crippen LogP contribution in [-0.4, -0.2) is 28.9 Å². The standard InChI is InChI=1S/C13H14BrNO3/c1-8-2-3-11(10(4-8)13(17)18)15-7-9(6-14)5-12(15)16/h2-4,9H,5-7H2,1H3,(H,17,18). The molecule has 1 aliphatic rings. The number of rotatable bonds is 3. The number of amides is 1. The lowest BCUT2D eigenvalue weighted by Gasteiger charge is -2.19. The van der Waals surface area contributed by atoms with Gasteiger partial charge < -0.3 is 10.0 Å². The number of carbonyl (C=O) groups is 2. The summed E-state index contributed by atoms with van der Waals surface area (Å²) in [6.45, 7) is 2.41. The third kappa shape index (κ3) is 2.41. The van der Waals surface area contributed by atoms with Crippen molar-refractivity contribution in [3.05, 3.63) is 29.3 Å². The molecule has 1 heterocycles. The van der Waals surface area contributed by atoms with E-state index >= 15 is 0 Å². The molecule has 1 fully saturated rings. The Kier molecular flexibility index (Phi) is 3.71. The van der Waals surface area contributed by atoms with Crippen LogP contribution in [0.15, 0.2) is 18.2 Å². The molecule has 1 aromatic carbocycles. The molecular weight excluding hydrogens is 298 g/mol. The second-order valence-corrected chi connectivity index (χ2v) is 5.20. The second kappa shape index (κ2) is 5.10. The SMILES string of the molecule is Cc1ccc(N2CC(CBr)CC2=O)c(C(=O)O)c1. The molecule has 0 radical (unpaired) electrons. The van der Waals surface area contributed by atoms with Gasteiger partial charge in [0.2, 0.25) is 5.91 Å². The van der Waals surface area contributed by atoms with E-state index in [2.05, 4.69) is 15.9 Å². The van der Waals surface area contributed by atoms with Gasteiger partial charge in [-0.15, -0.1) is 0 Å². The zero-order chi connectivity index (χ0) is 13.3. The number of anilines is 1. The van der Waals surface area contributed by atoms with Crippen molar-refractivity contribution in [2.75, 3.05) is 16.8 Å². The van der Waals surface area contributed by atoms with Crippen LogP contribution in [0.25, 0.3) is 0 Å². The number of carboxylic acid groups (broad SMARTS) is 1. The maximum atomic E-state index is 11.9. The Balaban J connectivity index is 2.39. The molecule has 18 heavy (non-hydrogen) atoms. The first-order chi connectivity index (χ1) is 8.52. The fourth-order valence-electron chi connectivity index (χ4n) is 2.17. The highest BCUT2D eigenvalue weighted by Crippen LogP contribution is 2.29. The van der Waals surface area contributed by atoms with Gasteiger partial charge in [-0.25, -0.2) is 4.79 Å². The van der Waals surface area contributed by atoms with Gasteiger partial charge in [-0.1, -0.05) is 27.6 Å². The number of aryl methyl sites for hydroxylation is 1. The van der Waals surface area contributed by atoms with E-state index in [-0.39, 0.29) is 17.4 Å². The van der Waals surface area contributed by atoms with Crippen LogP contribution in [0.2, 0.25) is 0 Å². The van der Waals surface area contributed by atoms with Gasteiger partial charge >= 0.3 is 5.97 Å². The van der Waals surface area contributed by atoms with Gasteiger partial charge in [-0.05, 0) is 25.0 Å². The lowest BCUT2D eigenvalue weighted by Crippen LogP contribution is -2.26. The van der Waals surface area contributed by atoms with E-state index in [0.717, 1.165) is 10.9 Å². The molecule has 1 saturated heterocycles. The number of nitrogens with zero attached hydrogens (tertiary/aromatic N) is 1. The molecule has 0 aromatic heterocycles. The highest BCUT2D eigenvalue weighted by Gasteiger charge is 2.31. The summed E-state index contributed by atoms with van der Waals surface area (Å²) >= 11 is 3.37. The number of hydrogen-bond acceptors (Lipinski definition) is 2. The van der Waals surface area contributed by atoms with Crippen LogP contribution in [0.4, 0.5) is 5.69 Å². The summed E-state index contributed by atoms with van der Waals surface area (Å²) in [5, 5.41) is 9.97. The highest BCUT2D eigenvalue weighted by atomic mass is 79.9. The quantitative estimate of drug-likeness (QED) is 0.872. The molecule has 1 aromatic rings. The zero-order valence-electron chi connectivity index (χ0n) is 10.0. The van der Waals surface area contributed by atoms with Crippen LogP contribution in [0.5, 0.6) is 0 Å². The van der Waals surface area contributed by atoms with Gasteiger partial charge in [0.15, 0.2) is 0 Å². The maximum Gasteiger partial charge on any atom is 0.337 e. The first-order valence-electron chi connectivity index (χ1n) is 5.73. The summed E-state index contributed by atoms with van der Waals surface area (Å²) in [5.41, 5.74) is 1.57. The first kappa shape index (κ1) is 13.1. The van der Waals surface area contributed by atoms with E-state index in [9.17, 15) is 14.7 Å². The number of benzene rings is 1. The summed E-state index contributed by atoms with van der Waals surface area (Å²) in [4.78, 5) is 24.7. The molecule has 4 nitrogen and oxygen atoms in total. The fourth-order valence-corrected chi connectivity index (χ4v) is 2.61. The maximum absolute atomic E-state index is 11.9. The van der Waals surface area contributed by atoms with Crippen LogP contribution in [0.1, 0.15) is 22.3 Å². The molecule has 0 spiro atoms. The van der Waals surface area contributed by atoms with Gasteiger partial charge in [0.1, 0.15) is 0 Å². The predicted octanol–water partition coefficient (Wildman–Crippen LogP) is 2.44. The summed E-state index contributed by atoms with van der Waals surface area (Å²) in [5.74, 6) is -0.755. The number of aromatic carboxylic acids is 1. The van der Waals surface area contributed by atoms with Crippen LogP contribution in [0, 0.1) is 12.8 Å². The third-order valence-electron chi connectivity index (χ3n) is 3.10. The largest absolute Gasteiger partial charge is 0.478 e. The molecule has 2 rings (SSSR count). The first-order valence-corrected chi connectivity index (χ1v) is 6.85. The molecule has 1 atom stereocenters. The number of alkyl halides is 1. The van der Waals surface area contributed by atoms with E-state index in [1.165, 1.54) is 0 Å². The molecular formula is C13H14BrNO3. The Hall–Kier alpha value is -1.36. The van der Waals surface area contributed by atoms with Gasteiger partial charge in [0.05, 0.1) is 11.3 Å². The molecule has 0 aliphatic carbocycles. The van der Waals surface area contributed by atoms with Gasteiger partial charge in [0, 0.05) is 18.3 Å². The Morgan fingerprint density at radius 3 is 2.83 bits per heavy atom. The minimum Gasteiger partial charge on any atom is -0.478 e. The highest BCUT2D eigenvalue weighted by molar-refractivity contribution is 9.09. The van der Waals surface area contributed by atoms with Gasteiger partial charge in [-0.2, -0.15) is 0 Å². The number of carboxylic acids is 1. The number of carbonyl (C=O) groups excluding carboxylic acids is 1. The molecule has 96 valence electrons. The lowest BCUT2D eigenvalue weighted by molar-refractivity contribution is -0.117. The fraction of sp³-hybridized carbons (Fsp3) is 0.385. The van der Waals surface area contributed by atoms with Crippen LogP contribution in [-0.2, 0) is 4.79 Å².